The van der Waals surface area contributed by atoms with Crippen molar-refractivity contribution in [3.63, 3.8) is 0 Å². The van der Waals surface area contributed by atoms with Crippen molar-refractivity contribution in [2.45, 2.75) is 11.8 Å². The van der Waals surface area contributed by atoms with Gasteiger partial charge in [-0.1, -0.05) is 46.3 Å². The Labute approximate surface area is 138 Å². The summed E-state index contributed by atoms with van der Waals surface area (Å²) in [4.78, 5) is 0.256. The molecule has 0 aliphatic carbocycles. The zero-order chi connectivity index (χ0) is 15.7. The Morgan fingerprint density at radius 3 is 2.36 bits per heavy atom. The number of halogens is 1. The minimum Gasteiger partial charge on any atom is -0.280 e. The molecular weight excluding hydrogens is 362 g/mol. The standard InChI is InChI=1S/C17H14BrNO2S/c1-12-10-15(7-9-17(12)18)19-22(20,21)16-8-6-13-4-2-3-5-14(13)11-16/h2-11,19H,1H3. The fourth-order valence-electron chi connectivity index (χ4n) is 2.26. The van der Waals surface area contributed by atoms with Crippen LogP contribution in [-0.2, 0) is 10.0 Å². The molecule has 112 valence electrons. The Bertz CT molecular complexity index is 952. The van der Waals surface area contributed by atoms with E-state index in [0.29, 0.717) is 5.69 Å². The number of hydrogen-bond acceptors (Lipinski definition) is 2. The first-order valence-electron chi connectivity index (χ1n) is 6.73. The van der Waals surface area contributed by atoms with Crippen molar-refractivity contribution >= 4 is 42.4 Å². The van der Waals surface area contributed by atoms with E-state index < -0.39 is 10.0 Å². The lowest BCUT2D eigenvalue weighted by atomic mass is 10.1. The van der Waals surface area contributed by atoms with Gasteiger partial charge in [-0.05, 0) is 53.6 Å². The molecule has 0 unspecified atom stereocenters. The molecule has 0 aliphatic rings. The lowest BCUT2D eigenvalue weighted by Gasteiger charge is -2.10. The molecule has 0 aromatic heterocycles. The van der Waals surface area contributed by atoms with Gasteiger partial charge < -0.3 is 0 Å². The summed E-state index contributed by atoms with van der Waals surface area (Å²) < 4.78 is 28.6. The van der Waals surface area contributed by atoms with Crippen molar-refractivity contribution in [3.8, 4) is 0 Å². The number of sulfonamides is 1. The van der Waals surface area contributed by atoms with Gasteiger partial charge in [0.25, 0.3) is 10.0 Å². The first kappa shape index (κ1) is 15.1. The second-order valence-corrected chi connectivity index (χ2v) is 7.62. The molecule has 22 heavy (non-hydrogen) atoms. The normalized spacial score (nSPS) is 11.5. The van der Waals surface area contributed by atoms with Crippen LogP contribution in [0.15, 0.2) is 70.0 Å². The number of fused-ring (bicyclic) bond motifs is 1. The molecule has 3 aromatic carbocycles. The zero-order valence-corrected chi connectivity index (χ0v) is 14.3. The van der Waals surface area contributed by atoms with Crippen LogP contribution in [0.3, 0.4) is 0 Å². The van der Waals surface area contributed by atoms with E-state index in [1.165, 1.54) is 0 Å². The number of rotatable bonds is 3. The van der Waals surface area contributed by atoms with Crippen molar-refractivity contribution in [1.29, 1.82) is 0 Å². The monoisotopic (exact) mass is 375 g/mol. The summed E-state index contributed by atoms with van der Waals surface area (Å²) >= 11 is 3.40. The van der Waals surface area contributed by atoms with Crippen molar-refractivity contribution in [2.75, 3.05) is 4.72 Å². The minimum atomic E-state index is -3.60. The first-order valence-corrected chi connectivity index (χ1v) is 9.01. The van der Waals surface area contributed by atoms with Gasteiger partial charge in [0, 0.05) is 10.2 Å². The quantitative estimate of drug-likeness (QED) is 0.720. The minimum absolute atomic E-state index is 0.256. The molecule has 0 saturated carbocycles. The topological polar surface area (TPSA) is 46.2 Å². The molecule has 3 nitrogen and oxygen atoms in total. The van der Waals surface area contributed by atoms with Crippen LogP contribution in [0.5, 0.6) is 0 Å². The fraction of sp³-hybridized carbons (Fsp3) is 0.0588. The van der Waals surface area contributed by atoms with Gasteiger partial charge in [-0.15, -0.1) is 0 Å². The van der Waals surface area contributed by atoms with Crippen molar-refractivity contribution < 1.29 is 8.42 Å². The predicted molar refractivity (Wildman–Crippen MR) is 93.6 cm³/mol. The number of benzene rings is 3. The predicted octanol–water partition coefficient (Wildman–Crippen LogP) is 4.71. The van der Waals surface area contributed by atoms with Crippen LogP contribution in [0.1, 0.15) is 5.56 Å². The average Bonchev–Trinajstić information content (AvgIpc) is 2.50. The van der Waals surface area contributed by atoms with Crippen LogP contribution >= 0.6 is 15.9 Å². The molecule has 0 spiro atoms. The van der Waals surface area contributed by atoms with Gasteiger partial charge >= 0.3 is 0 Å². The Kier molecular flexibility index (Phi) is 3.93. The molecule has 0 amide bonds. The second kappa shape index (κ2) is 5.74. The van der Waals surface area contributed by atoms with E-state index in [1.807, 2.05) is 43.3 Å². The highest BCUT2D eigenvalue weighted by Gasteiger charge is 2.15. The Morgan fingerprint density at radius 1 is 0.909 bits per heavy atom. The van der Waals surface area contributed by atoms with E-state index >= 15 is 0 Å². The van der Waals surface area contributed by atoms with Crippen LogP contribution in [-0.4, -0.2) is 8.42 Å². The molecular formula is C17H14BrNO2S. The Balaban J connectivity index is 1.98. The highest BCUT2D eigenvalue weighted by Crippen LogP contribution is 2.24. The highest BCUT2D eigenvalue weighted by atomic mass is 79.9. The third-order valence-corrected chi connectivity index (χ3v) is 5.71. The number of anilines is 1. The van der Waals surface area contributed by atoms with Crippen LogP contribution < -0.4 is 4.72 Å². The van der Waals surface area contributed by atoms with Gasteiger partial charge in [0.15, 0.2) is 0 Å². The summed E-state index contributed by atoms with van der Waals surface area (Å²) in [6.45, 7) is 1.91. The molecule has 0 saturated heterocycles. The molecule has 5 heteroatoms. The molecule has 3 rings (SSSR count). The lowest BCUT2D eigenvalue weighted by Crippen LogP contribution is -2.13. The molecule has 0 atom stereocenters. The average molecular weight is 376 g/mol. The summed E-state index contributed by atoms with van der Waals surface area (Å²) in [6.07, 6.45) is 0. The smallest absolute Gasteiger partial charge is 0.261 e. The highest BCUT2D eigenvalue weighted by molar-refractivity contribution is 9.10. The molecule has 0 aliphatic heterocycles. The molecule has 0 radical (unpaired) electrons. The van der Waals surface area contributed by atoms with E-state index in [0.717, 1.165) is 20.8 Å². The van der Waals surface area contributed by atoms with E-state index in [2.05, 4.69) is 20.7 Å². The van der Waals surface area contributed by atoms with Gasteiger partial charge in [-0.3, -0.25) is 4.72 Å². The summed E-state index contributed by atoms with van der Waals surface area (Å²) in [5.74, 6) is 0. The van der Waals surface area contributed by atoms with Crippen molar-refractivity contribution in [3.05, 3.63) is 70.7 Å². The third-order valence-electron chi connectivity index (χ3n) is 3.44. The fourth-order valence-corrected chi connectivity index (χ4v) is 3.59. The zero-order valence-electron chi connectivity index (χ0n) is 11.9. The van der Waals surface area contributed by atoms with Crippen LogP contribution in [0.2, 0.25) is 0 Å². The van der Waals surface area contributed by atoms with Gasteiger partial charge in [-0.25, -0.2) is 8.42 Å². The molecule has 1 N–H and O–H groups in total. The van der Waals surface area contributed by atoms with Crippen molar-refractivity contribution in [2.24, 2.45) is 0 Å². The van der Waals surface area contributed by atoms with Crippen LogP contribution in [0.4, 0.5) is 5.69 Å². The molecule has 3 aromatic rings. The molecule has 0 fully saturated rings. The van der Waals surface area contributed by atoms with Crippen LogP contribution in [0, 0.1) is 6.92 Å². The SMILES string of the molecule is Cc1cc(NS(=O)(=O)c2ccc3ccccc3c2)ccc1Br. The van der Waals surface area contributed by atoms with E-state index in [9.17, 15) is 8.42 Å². The number of hydrogen-bond donors (Lipinski definition) is 1. The largest absolute Gasteiger partial charge is 0.280 e. The van der Waals surface area contributed by atoms with E-state index in [4.69, 9.17) is 0 Å². The van der Waals surface area contributed by atoms with Crippen LogP contribution in [0.25, 0.3) is 10.8 Å². The maximum absolute atomic E-state index is 12.5. The second-order valence-electron chi connectivity index (χ2n) is 5.08. The van der Waals surface area contributed by atoms with E-state index in [-0.39, 0.29) is 4.90 Å². The number of aryl methyl sites for hydroxylation is 1. The molecule has 0 bridgehead atoms. The first-order chi connectivity index (χ1) is 10.5. The maximum Gasteiger partial charge on any atom is 0.261 e. The third kappa shape index (κ3) is 3.00. The molecule has 0 heterocycles. The lowest BCUT2D eigenvalue weighted by molar-refractivity contribution is 0.601. The Hall–Kier alpha value is -1.85. The summed E-state index contributed by atoms with van der Waals surface area (Å²) in [5.41, 5.74) is 1.52. The van der Waals surface area contributed by atoms with Crippen molar-refractivity contribution in [1.82, 2.24) is 0 Å². The number of nitrogens with one attached hydrogen (secondary N) is 1. The van der Waals surface area contributed by atoms with Gasteiger partial charge in [0.05, 0.1) is 4.90 Å². The summed E-state index contributed by atoms with van der Waals surface area (Å²) in [5, 5.41) is 1.92. The maximum atomic E-state index is 12.5. The van der Waals surface area contributed by atoms with Gasteiger partial charge in [0.2, 0.25) is 0 Å². The summed E-state index contributed by atoms with van der Waals surface area (Å²) in [7, 11) is -3.60. The summed E-state index contributed by atoms with van der Waals surface area (Å²) in [6, 6.07) is 18.2. The van der Waals surface area contributed by atoms with E-state index in [1.54, 1.807) is 24.3 Å². The Morgan fingerprint density at radius 2 is 1.64 bits per heavy atom. The van der Waals surface area contributed by atoms with Gasteiger partial charge in [0.1, 0.15) is 0 Å². The van der Waals surface area contributed by atoms with Gasteiger partial charge in [-0.2, -0.15) is 0 Å².